The summed E-state index contributed by atoms with van der Waals surface area (Å²) in [5.74, 6) is -0.685. The Bertz CT molecular complexity index is 767. The first-order valence-electron chi connectivity index (χ1n) is 7.65. The number of carbonyl (C=O) groups excluding carboxylic acids is 1. The lowest BCUT2D eigenvalue weighted by Gasteiger charge is -2.33. The van der Waals surface area contributed by atoms with Crippen molar-refractivity contribution < 1.29 is 17.6 Å². The molecule has 1 aromatic carbocycles. The summed E-state index contributed by atoms with van der Waals surface area (Å²) < 4.78 is 32.8. The third kappa shape index (κ3) is 4.02. The molecule has 1 N–H and O–H groups in total. The highest BCUT2D eigenvalue weighted by atomic mass is 32.2. The molecule has 1 amide bonds. The van der Waals surface area contributed by atoms with Gasteiger partial charge in [-0.15, -0.1) is 0 Å². The van der Waals surface area contributed by atoms with Crippen LogP contribution in [0.5, 0.6) is 0 Å². The molecule has 2 heterocycles. The number of hydrogen-bond donors (Lipinski definition) is 1. The van der Waals surface area contributed by atoms with Gasteiger partial charge in [0.2, 0.25) is 0 Å². The van der Waals surface area contributed by atoms with Gasteiger partial charge >= 0.3 is 10.2 Å². The maximum Gasteiger partial charge on any atom is 0.304 e. The van der Waals surface area contributed by atoms with Gasteiger partial charge in [0.1, 0.15) is 6.26 Å². The van der Waals surface area contributed by atoms with Gasteiger partial charge < -0.3 is 4.42 Å². The van der Waals surface area contributed by atoms with E-state index >= 15 is 0 Å². The summed E-state index contributed by atoms with van der Waals surface area (Å²) in [4.78, 5) is 14.1. The molecule has 0 aliphatic carbocycles. The average Bonchev–Trinajstić information content (AvgIpc) is 3.11. The molecule has 1 aromatic heterocycles. The Hall–Kier alpha value is -2.16. The summed E-state index contributed by atoms with van der Waals surface area (Å²) in [6.45, 7) is 2.73. The molecule has 1 aliphatic rings. The van der Waals surface area contributed by atoms with Crippen molar-refractivity contribution in [3.05, 3.63) is 60.1 Å². The summed E-state index contributed by atoms with van der Waals surface area (Å²) in [6.07, 6.45) is 2.53. The molecule has 24 heavy (non-hydrogen) atoms. The van der Waals surface area contributed by atoms with Gasteiger partial charge in [-0.25, -0.2) is 4.72 Å². The summed E-state index contributed by atoms with van der Waals surface area (Å²) in [5, 5.41) is 0. The van der Waals surface area contributed by atoms with Gasteiger partial charge in [0.25, 0.3) is 5.91 Å². The van der Waals surface area contributed by atoms with E-state index in [1.54, 1.807) is 0 Å². The summed E-state index contributed by atoms with van der Waals surface area (Å²) in [5.41, 5.74) is 1.38. The number of nitrogens with one attached hydrogen (secondary N) is 1. The van der Waals surface area contributed by atoms with Gasteiger partial charge in [-0.2, -0.15) is 12.7 Å². The van der Waals surface area contributed by atoms with E-state index < -0.39 is 16.1 Å². The first-order valence-corrected chi connectivity index (χ1v) is 9.09. The molecule has 0 saturated carbocycles. The van der Waals surface area contributed by atoms with E-state index in [-0.39, 0.29) is 5.56 Å². The van der Waals surface area contributed by atoms with Crippen molar-refractivity contribution in [3.63, 3.8) is 0 Å². The lowest BCUT2D eigenvalue weighted by atomic mass is 10.2. The number of amides is 1. The van der Waals surface area contributed by atoms with Crippen LogP contribution in [0.3, 0.4) is 0 Å². The molecule has 1 saturated heterocycles. The average molecular weight is 349 g/mol. The van der Waals surface area contributed by atoms with Crippen molar-refractivity contribution in [2.24, 2.45) is 0 Å². The van der Waals surface area contributed by atoms with Crippen LogP contribution in [0.15, 0.2) is 53.3 Å². The second-order valence-electron chi connectivity index (χ2n) is 5.61. The van der Waals surface area contributed by atoms with Crippen LogP contribution >= 0.6 is 0 Å². The largest absolute Gasteiger partial charge is 0.472 e. The van der Waals surface area contributed by atoms with Crippen molar-refractivity contribution in [2.75, 3.05) is 26.2 Å². The molecular weight excluding hydrogens is 330 g/mol. The van der Waals surface area contributed by atoms with Crippen molar-refractivity contribution in [1.29, 1.82) is 0 Å². The van der Waals surface area contributed by atoms with Gasteiger partial charge in [0.05, 0.1) is 11.8 Å². The molecule has 0 bridgehead atoms. The predicted octanol–water partition coefficient (Wildman–Crippen LogP) is 1.07. The van der Waals surface area contributed by atoms with Crippen molar-refractivity contribution in [2.45, 2.75) is 6.54 Å². The van der Waals surface area contributed by atoms with E-state index in [2.05, 4.69) is 9.62 Å². The lowest BCUT2D eigenvalue weighted by molar-refractivity contribution is 0.0976. The van der Waals surface area contributed by atoms with Crippen LogP contribution in [0, 0.1) is 0 Å². The molecule has 1 fully saturated rings. The highest BCUT2D eigenvalue weighted by Gasteiger charge is 2.28. The number of hydrogen-bond acceptors (Lipinski definition) is 5. The van der Waals surface area contributed by atoms with E-state index in [4.69, 9.17) is 4.42 Å². The Balaban J connectivity index is 1.54. The smallest absolute Gasteiger partial charge is 0.304 e. The summed E-state index contributed by atoms with van der Waals surface area (Å²) in [7, 11) is -3.84. The van der Waals surface area contributed by atoms with Gasteiger partial charge in [-0.05, 0) is 11.6 Å². The fourth-order valence-corrected chi connectivity index (χ4v) is 3.73. The third-order valence-corrected chi connectivity index (χ3v) is 5.41. The fraction of sp³-hybridized carbons (Fsp3) is 0.312. The van der Waals surface area contributed by atoms with E-state index in [1.165, 1.54) is 28.5 Å². The van der Waals surface area contributed by atoms with Crippen LogP contribution in [0.25, 0.3) is 0 Å². The summed E-state index contributed by atoms with van der Waals surface area (Å²) >= 11 is 0. The summed E-state index contributed by atoms with van der Waals surface area (Å²) in [6, 6.07) is 11.5. The van der Waals surface area contributed by atoms with Gasteiger partial charge in [0.15, 0.2) is 0 Å². The number of piperazine rings is 1. The molecule has 0 unspecified atom stereocenters. The van der Waals surface area contributed by atoms with Crippen LogP contribution in [0.2, 0.25) is 0 Å². The highest BCUT2D eigenvalue weighted by molar-refractivity contribution is 7.87. The number of benzene rings is 1. The fourth-order valence-electron chi connectivity index (χ4n) is 2.60. The van der Waals surface area contributed by atoms with Crippen LogP contribution in [-0.2, 0) is 16.8 Å². The first kappa shape index (κ1) is 16.7. The second kappa shape index (κ2) is 7.16. The predicted molar refractivity (Wildman–Crippen MR) is 88.4 cm³/mol. The number of rotatable bonds is 5. The third-order valence-electron chi connectivity index (χ3n) is 3.93. The Labute approximate surface area is 141 Å². The maximum absolute atomic E-state index is 12.3. The molecular formula is C16H19N3O4S. The topological polar surface area (TPSA) is 82.9 Å². The lowest BCUT2D eigenvalue weighted by Crippen LogP contribution is -2.52. The molecule has 8 heteroatoms. The number of carbonyl (C=O) groups is 1. The van der Waals surface area contributed by atoms with Crippen LogP contribution in [-0.4, -0.2) is 49.7 Å². The van der Waals surface area contributed by atoms with E-state index in [1.807, 2.05) is 30.3 Å². The molecule has 0 atom stereocenters. The molecule has 128 valence electrons. The minimum atomic E-state index is -3.84. The Morgan fingerprint density at radius 2 is 1.79 bits per heavy atom. The van der Waals surface area contributed by atoms with Gasteiger partial charge in [-0.3, -0.25) is 9.69 Å². The SMILES string of the molecule is O=C(NS(=O)(=O)N1CCN(Cc2ccccc2)CC1)c1ccoc1. The van der Waals surface area contributed by atoms with Crippen LogP contribution in [0.4, 0.5) is 0 Å². The second-order valence-corrected chi connectivity index (χ2v) is 7.28. The van der Waals surface area contributed by atoms with Crippen LogP contribution in [0.1, 0.15) is 15.9 Å². The first-order chi connectivity index (χ1) is 11.5. The van der Waals surface area contributed by atoms with Crippen molar-refractivity contribution >= 4 is 16.1 Å². The van der Waals surface area contributed by atoms with Crippen molar-refractivity contribution in [1.82, 2.24) is 13.9 Å². The molecule has 0 radical (unpaired) electrons. The monoisotopic (exact) mass is 349 g/mol. The zero-order chi connectivity index (χ0) is 17.0. The number of furan rings is 1. The van der Waals surface area contributed by atoms with E-state index in [0.717, 1.165) is 6.54 Å². The number of nitrogens with zero attached hydrogens (tertiary/aromatic N) is 2. The molecule has 1 aliphatic heterocycles. The van der Waals surface area contributed by atoms with Gasteiger partial charge in [-0.1, -0.05) is 30.3 Å². The van der Waals surface area contributed by atoms with Gasteiger partial charge in [0, 0.05) is 32.7 Å². The van der Waals surface area contributed by atoms with Crippen LogP contribution < -0.4 is 4.72 Å². The van der Waals surface area contributed by atoms with E-state index in [0.29, 0.717) is 26.2 Å². The zero-order valence-electron chi connectivity index (χ0n) is 13.1. The van der Waals surface area contributed by atoms with Crippen molar-refractivity contribution in [3.8, 4) is 0 Å². The Morgan fingerprint density at radius 3 is 2.42 bits per heavy atom. The minimum Gasteiger partial charge on any atom is -0.472 e. The highest BCUT2D eigenvalue weighted by Crippen LogP contribution is 2.11. The zero-order valence-corrected chi connectivity index (χ0v) is 13.9. The molecule has 2 aromatic rings. The maximum atomic E-state index is 12.3. The van der Waals surface area contributed by atoms with E-state index in [9.17, 15) is 13.2 Å². The minimum absolute atomic E-state index is 0.182. The molecule has 0 spiro atoms. The normalized spacial score (nSPS) is 16.8. The Morgan fingerprint density at radius 1 is 1.08 bits per heavy atom. The standard InChI is InChI=1S/C16H19N3O4S/c20-16(15-6-11-23-13-15)17-24(21,22)19-9-7-18(8-10-19)12-14-4-2-1-3-5-14/h1-6,11,13H,7-10,12H2,(H,17,20). The quantitative estimate of drug-likeness (QED) is 0.873. The molecule has 7 nitrogen and oxygen atoms in total. The Kier molecular flexibility index (Phi) is 4.98. The molecule has 3 rings (SSSR count).